The molecule has 0 radical (unpaired) electrons. The molecule has 0 bridgehead atoms. The van der Waals surface area contributed by atoms with E-state index >= 15 is 0 Å². The van der Waals surface area contributed by atoms with E-state index in [9.17, 15) is 9.59 Å². The van der Waals surface area contributed by atoms with Gasteiger partial charge >= 0.3 is 0 Å². The van der Waals surface area contributed by atoms with Gasteiger partial charge in [0.2, 0.25) is 0 Å². The van der Waals surface area contributed by atoms with Crippen LogP contribution in [-0.2, 0) is 0 Å². The highest BCUT2D eigenvalue weighted by molar-refractivity contribution is 7.16. The standard InChI is InChI=1S/C19H13N3O3S/c23-18(12-3-8-15-17(10-12)26-11-20-15)21-13-4-6-14(7-5-13)22-19(24)16-2-1-9-25-16/h1-11H,(H,21,23)(H,22,24). The van der Waals surface area contributed by atoms with Crippen molar-refractivity contribution in [2.45, 2.75) is 0 Å². The molecule has 4 aromatic rings. The second-order valence-corrected chi connectivity index (χ2v) is 6.38. The van der Waals surface area contributed by atoms with Gasteiger partial charge in [-0.25, -0.2) is 4.98 Å². The van der Waals surface area contributed by atoms with Crippen LogP contribution in [0.2, 0.25) is 0 Å². The fraction of sp³-hybridized carbons (Fsp3) is 0. The molecule has 4 rings (SSSR count). The van der Waals surface area contributed by atoms with Gasteiger partial charge in [-0.05, 0) is 54.6 Å². The van der Waals surface area contributed by atoms with E-state index in [-0.39, 0.29) is 17.6 Å². The topological polar surface area (TPSA) is 84.2 Å². The summed E-state index contributed by atoms with van der Waals surface area (Å²) in [6.07, 6.45) is 1.44. The molecule has 0 atom stereocenters. The van der Waals surface area contributed by atoms with Crippen LogP contribution in [0.5, 0.6) is 0 Å². The first-order chi connectivity index (χ1) is 12.7. The quantitative estimate of drug-likeness (QED) is 0.563. The summed E-state index contributed by atoms with van der Waals surface area (Å²) in [7, 11) is 0. The van der Waals surface area contributed by atoms with Gasteiger partial charge < -0.3 is 15.1 Å². The molecule has 2 N–H and O–H groups in total. The summed E-state index contributed by atoms with van der Waals surface area (Å²) in [5, 5.41) is 5.56. The number of nitrogens with one attached hydrogen (secondary N) is 2. The van der Waals surface area contributed by atoms with E-state index < -0.39 is 0 Å². The van der Waals surface area contributed by atoms with E-state index in [0.29, 0.717) is 16.9 Å². The van der Waals surface area contributed by atoms with Crippen LogP contribution >= 0.6 is 11.3 Å². The van der Waals surface area contributed by atoms with Crippen LogP contribution in [-0.4, -0.2) is 16.8 Å². The van der Waals surface area contributed by atoms with Crippen molar-refractivity contribution in [2.24, 2.45) is 0 Å². The number of anilines is 2. The molecule has 0 aliphatic carbocycles. The fourth-order valence-electron chi connectivity index (χ4n) is 2.44. The summed E-state index contributed by atoms with van der Waals surface area (Å²) in [5.74, 6) is -0.293. The Kier molecular flexibility index (Phi) is 4.20. The number of furan rings is 1. The second-order valence-electron chi connectivity index (χ2n) is 5.50. The van der Waals surface area contributed by atoms with E-state index in [4.69, 9.17) is 4.42 Å². The molecule has 0 fully saturated rings. The van der Waals surface area contributed by atoms with Crippen LogP contribution in [0.15, 0.2) is 70.8 Å². The molecule has 2 aromatic carbocycles. The Balaban J connectivity index is 1.43. The molecule has 2 aromatic heterocycles. The maximum atomic E-state index is 12.4. The SMILES string of the molecule is O=C(Nc1ccc(NC(=O)c2ccco2)cc1)c1ccc2ncsc2c1. The molecular formula is C19H13N3O3S. The molecule has 0 aliphatic heterocycles. The number of benzene rings is 2. The predicted molar refractivity (Wildman–Crippen MR) is 101 cm³/mol. The smallest absolute Gasteiger partial charge is 0.291 e. The first-order valence-electron chi connectivity index (χ1n) is 7.78. The van der Waals surface area contributed by atoms with Crippen molar-refractivity contribution in [3.63, 3.8) is 0 Å². The predicted octanol–water partition coefficient (Wildman–Crippen LogP) is 4.39. The van der Waals surface area contributed by atoms with Crippen LogP contribution < -0.4 is 10.6 Å². The molecule has 0 saturated heterocycles. The zero-order chi connectivity index (χ0) is 17.9. The van der Waals surface area contributed by atoms with Crippen LogP contribution in [0, 0.1) is 0 Å². The lowest BCUT2D eigenvalue weighted by atomic mass is 10.2. The number of hydrogen-bond donors (Lipinski definition) is 2. The fourth-order valence-corrected chi connectivity index (χ4v) is 3.15. The van der Waals surface area contributed by atoms with Crippen molar-refractivity contribution >= 4 is 44.7 Å². The van der Waals surface area contributed by atoms with Gasteiger partial charge in [0, 0.05) is 16.9 Å². The highest BCUT2D eigenvalue weighted by atomic mass is 32.1. The lowest BCUT2D eigenvalue weighted by Gasteiger charge is -2.07. The first kappa shape index (κ1) is 16.0. The second kappa shape index (κ2) is 6.81. The molecular weight excluding hydrogens is 350 g/mol. The third-order valence-electron chi connectivity index (χ3n) is 3.74. The summed E-state index contributed by atoms with van der Waals surface area (Å²) in [4.78, 5) is 28.5. The third-order valence-corrected chi connectivity index (χ3v) is 4.53. The molecule has 0 saturated carbocycles. The monoisotopic (exact) mass is 363 g/mol. The highest BCUT2D eigenvalue weighted by Gasteiger charge is 2.10. The molecule has 2 amide bonds. The first-order valence-corrected chi connectivity index (χ1v) is 8.66. The van der Waals surface area contributed by atoms with E-state index in [1.807, 2.05) is 12.1 Å². The summed E-state index contributed by atoms with van der Waals surface area (Å²) in [6.45, 7) is 0. The Bertz CT molecular complexity index is 1070. The Morgan fingerprint density at radius 1 is 0.923 bits per heavy atom. The zero-order valence-corrected chi connectivity index (χ0v) is 14.2. The maximum absolute atomic E-state index is 12.4. The van der Waals surface area contributed by atoms with E-state index in [2.05, 4.69) is 15.6 Å². The van der Waals surface area contributed by atoms with E-state index in [1.165, 1.54) is 17.6 Å². The average molecular weight is 363 g/mol. The minimum absolute atomic E-state index is 0.201. The van der Waals surface area contributed by atoms with Crippen molar-refractivity contribution in [1.29, 1.82) is 0 Å². The van der Waals surface area contributed by atoms with Crippen molar-refractivity contribution in [3.05, 3.63) is 77.7 Å². The number of thiazole rings is 1. The van der Waals surface area contributed by atoms with Gasteiger partial charge in [0.1, 0.15) is 0 Å². The number of amides is 2. The van der Waals surface area contributed by atoms with Crippen molar-refractivity contribution in [1.82, 2.24) is 4.98 Å². The molecule has 0 aliphatic rings. The van der Waals surface area contributed by atoms with Crippen molar-refractivity contribution in [2.75, 3.05) is 10.6 Å². The Labute approximate surface area is 152 Å². The Morgan fingerprint density at radius 3 is 2.35 bits per heavy atom. The van der Waals surface area contributed by atoms with Gasteiger partial charge in [-0.3, -0.25) is 9.59 Å². The van der Waals surface area contributed by atoms with Crippen LogP contribution in [0.3, 0.4) is 0 Å². The van der Waals surface area contributed by atoms with Gasteiger partial charge in [-0.1, -0.05) is 0 Å². The van der Waals surface area contributed by atoms with E-state index in [0.717, 1.165) is 10.2 Å². The average Bonchev–Trinajstić information content (AvgIpc) is 3.34. The summed E-state index contributed by atoms with van der Waals surface area (Å²) in [5.41, 5.74) is 4.44. The number of nitrogens with zero attached hydrogens (tertiary/aromatic N) is 1. The lowest BCUT2D eigenvalue weighted by Crippen LogP contribution is -2.12. The normalized spacial score (nSPS) is 10.6. The molecule has 7 heteroatoms. The molecule has 0 spiro atoms. The molecule has 6 nitrogen and oxygen atoms in total. The number of fused-ring (bicyclic) bond motifs is 1. The van der Waals surface area contributed by atoms with Crippen molar-refractivity contribution in [3.8, 4) is 0 Å². The van der Waals surface area contributed by atoms with Crippen molar-refractivity contribution < 1.29 is 14.0 Å². The minimum Gasteiger partial charge on any atom is -0.459 e. The third kappa shape index (κ3) is 3.33. The van der Waals surface area contributed by atoms with Gasteiger partial charge in [-0.2, -0.15) is 0 Å². The maximum Gasteiger partial charge on any atom is 0.291 e. The Morgan fingerprint density at radius 2 is 1.65 bits per heavy atom. The highest BCUT2D eigenvalue weighted by Crippen LogP contribution is 2.20. The summed E-state index contributed by atoms with van der Waals surface area (Å²) >= 11 is 1.49. The molecule has 26 heavy (non-hydrogen) atoms. The molecule has 128 valence electrons. The number of carbonyl (C=O) groups excluding carboxylic acids is 2. The number of aromatic nitrogens is 1. The number of hydrogen-bond acceptors (Lipinski definition) is 5. The zero-order valence-electron chi connectivity index (χ0n) is 13.4. The lowest BCUT2D eigenvalue weighted by molar-refractivity contribution is 0.0994. The van der Waals surface area contributed by atoms with Gasteiger partial charge in [-0.15, -0.1) is 11.3 Å². The number of rotatable bonds is 4. The largest absolute Gasteiger partial charge is 0.459 e. The molecule has 2 heterocycles. The Hall–Kier alpha value is -3.45. The van der Waals surface area contributed by atoms with E-state index in [1.54, 1.807) is 48.0 Å². The van der Waals surface area contributed by atoms with Crippen LogP contribution in [0.1, 0.15) is 20.9 Å². The van der Waals surface area contributed by atoms with Gasteiger partial charge in [0.15, 0.2) is 5.76 Å². The minimum atomic E-state index is -0.329. The number of carbonyl (C=O) groups is 2. The van der Waals surface area contributed by atoms with Gasteiger partial charge in [0.25, 0.3) is 11.8 Å². The summed E-state index contributed by atoms with van der Waals surface area (Å²) < 4.78 is 6.01. The van der Waals surface area contributed by atoms with Crippen LogP contribution in [0.25, 0.3) is 10.2 Å². The summed E-state index contributed by atoms with van der Waals surface area (Å²) in [6, 6.07) is 15.5. The van der Waals surface area contributed by atoms with Gasteiger partial charge in [0.05, 0.1) is 22.0 Å². The van der Waals surface area contributed by atoms with Crippen LogP contribution in [0.4, 0.5) is 11.4 Å². The molecule has 0 unspecified atom stereocenters.